The Morgan fingerprint density at radius 2 is 2.00 bits per heavy atom. The molecule has 21 heavy (non-hydrogen) atoms. The van der Waals surface area contributed by atoms with Crippen molar-refractivity contribution < 1.29 is 4.79 Å². The van der Waals surface area contributed by atoms with E-state index in [1.165, 1.54) is 18.4 Å². The molecule has 3 heteroatoms. The number of carbonyl (C=O) groups is 1. The van der Waals surface area contributed by atoms with Crippen molar-refractivity contribution in [2.24, 2.45) is 5.92 Å². The normalized spacial score (nSPS) is 15.8. The number of pyridine rings is 1. The highest BCUT2D eigenvalue weighted by Gasteiger charge is 2.32. The molecular formula is C18H18N2O. The summed E-state index contributed by atoms with van der Waals surface area (Å²) < 4.78 is 0. The zero-order valence-electron chi connectivity index (χ0n) is 11.8. The molecule has 1 amide bonds. The highest BCUT2D eigenvalue weighted by molar-refractivity contribution is 5.92. The van der Waals surface area contributed by atoms with E-state index >= 15 is 0 Å². The van der Waals surface area contributed by atoms with Crippen LogP contribution in [0.15, 0.2) is 60.9 Å². The first-order valence-electron chi connectivity index (χ1n) is 7.26. The van der Waals surface area contributed by atoms with Crippen LogP contribution in [0.4, 0.5) is 0 Å². The van der Waals surface area contributed by atoms with Crippen LogP contribution in [-0.4, -0.2) is 10.9 Å². The molecule has 106 valence electrons. The number of rotatable bonds is 5. The van der Waals surface area contributed by atoms with E-state index in [2.05, 4.69) is 22.4 Å². The molecule has 1 atom stereocenters. The highest BCUT2D eigenvalue weighted by atomic mass is 16.1. The largest absolute Gasteiger partial charge is 0.345 e. The maximum Gasteiger partial charge on any atom is 0.244 e. The Hall–Kier alpha value is -2.42. The van der Waals surface area contributed by atoms with Gasteiger partial charge in [-0.3, -0.25) is 9.78 Å². The second-order valence-corrected chi connectivity index (χ2v) is 5.35. The van der Waals surface area contributed by atoms with Crippen molar-refractivity contribution in [3.05, 3.63) is 72.1 Å². The molecule has 0 saturated heterocycles. The molecule has 1 heterocycles. The molecule has 1 aliphatic rings. The van der Waals surface area contributed by atoms with Crippen LogP contribution in [0.25, 0.3) is 6.08 Å². The predicted octanol–water partition coefficient (Wildman–Crippen LogP) is 3.36. The third kappa shape index (κ3) is 3.78. The summed E-state index contributed by atoms with van der Waals surface area (Å²) in [5.74, 6) is 0.516. The lowest BCUT2D eigenvalue weighted by Gasteiger charge is -2.17. The molecule has 1 fully saturated rings. The lowest BCUT2D eigenvalue weighted by atomic mass is 10.0. The molecule has 0 spiro atoms. The molecular weight excluding hydrogens is 260 g/mol. The molecule has 0 aliphatic heterocycles. The summed E-state index contributed by atoms with van der Waals surface area (Å²) in [5.41, 5.74) is 2.11. The van der Waals surface area contributed by atoms with E-state index in [-0.39, 0.29) is 11.9 Å². The van der Waals surface area contributed by atoms with E-state index in [4.69, 9.17) is 0 Å². The Balaban J connectivity index is 1.66. The fraction of sp³-hybridized carbons (Fsp3) is 0.222. The first kappa shape index (κ1) is 13.6. The van der Waals surface area contributed by atoms with Crippen LogP contribution in [0.2, 0.25) is 0 Å². The van der Waals surface area contributed by atoms with Crippen LogP contribution in [0.5, 0.6) is 0 Å². The fourth-order valence-corrected chi connectivity index (χ4v) is 2.41. The minimum absolute atomic E-state index is 0.0559. The zero-order chi connectivity index (χ0) is 14.5. The monoisotopic (exact) mass is 278 g/mol. The SMILES string of the molecule is O=C(/C=C/c1cccnc1)NC(c1ccccc1)C1CC1. The predicted molar refractivity (Wildman–Crippen MR) is 83.3 cm³/mol. The summed E-state index contributed by atoms with van der Waals surface area (Å²) in [6.07, 6.45) is 9.19. The van der Waals surface area contributed by atoms with E-state index < -0.39 is 0 Å². The van der Waals surface area contributed by atoms with E-state index in [1.807, 2.05) is 30.3 Å². The second kappa shape index (κ2) is 6.35. The smallest absolute Gasteiger partial charge is 0.244 e. The molecule has 1 N–H and O–H groups in total. The van der Waals surface area contributed by atoms with Crippen molar-refractivity contribution in [1.82, 2.24) is 10.3 Å². The maximum absolute atomic E-state index is 12.1. The number of benzene rings is 1. The van der Waals surface area contributed by atoms with Gasteiger partial charge in [0.05, 0.1) is 6.04 Å². The highest BCUT2D eigenvalue weighted by Crippen LogP contribution is 2.40. The average molecular weight is 278 g/mol. The molecule has 1 saturated carbocycles. The van der Waals surface area contributed by atoms with Gasteiger partial charge in [-0.1, -0.05) is 36.4 Å². The topological polar surface area (TPSA) is 42.0 Å². The Kier molecular flexibility index (Phi) is 4.10. The van der Waals surface area contributed by atoms with E-state index in [9.17, 15) is 4.79 Å². The van der Waals surface area contributed by atoms with Crippen molar-refractivity contribution in [1.29, 1.82) is 0 Å². The van der Waals surface area contributed by atoms with Crippen molar-refractivity contribution in [2.45, 2.75) is 18.9 Å². The minimum atomic E-state index is -0.0559. The van der Waals surface area contributed by atoms with E-state index in [0.717, 1.165) is 5.56 Å². The molecule has 3 nitrogen and oxygen atoms in total. The minimum Gasteiger partial charge on any atom is -0.345 e. The summed E-state index contributed by atoms with van der Waals surface area (Å²) in [6.45, 7) is 0. The zero-order valence-corrected chi connectivity index (χ0v) is 11.8. The Morgan fingerprint density at radius 3 is 2.67 bits per heavy atom. The Bertz CT molecular complexity index is 618. The molecule has 1 unspecified atom stereocenters. The van der Waals surface area contributed by atoms with Crippen LogP contribution in [0.3, 0.4) is 0 Å². The Morgan fingerprint density at radius 1 is 1.19 bits per heavy atom. The van der Waals surface area contributed by atoms with Gasteiger partial charge in [-0.05, 0) is 42.0 Å². The van der Waals surface area contributed by atoms with Crippen LogP contribution >= 0.6 is 0 Å². The number of carbonyl (C=O) groups excluding carboxylic acids is 1. The second-order valence-electron chi connectivity index (χ2n) is 5.35. The summed E-state index contributed by atoms with van der Waals surface area (Å²) in [4.78, 5) is 16.1. The van der Waals surface area contributed by atoms with Gasteiger partial charge in [0.25, 0.3) is 0 Å². The summed E-state index contributed by atoms with van der Waals surface area (Å²) in [5, 5.41) is 3.12. The van der Waals surface area contributed by atoms with Gasteiger partial charge in [-0.15, -0.1) is 0 Å². The standard InChI is InChI=1S/C18H18N2O/c21-17(11-8-14-5-4-12-19-13-14)20-18(16-9-10-16)15-6-2-1-3-7-15/h1-8,11-13,16,18H,9-10H2,(H,20,21)/b11-8+. The van der Waals surface area contributed by atoms with Crippen molar-refractivity contribution in [3.63, 3.8) is 0 Å². The molecule has 0 radical (unpaired) electrons. The molecule has 3 rings (SSSR count). The van der Waals surface area contributed by atoms with Crippen LogP contribution in [-0.2, 0) is 4.79 Å². The molecule has 1 aromatic heterocycles. The summed E-state index contributed by atoms with van der Waals surface area (Å²) in [7, 11) is 0. The van der Waals surface area contributed by atoms with Gasteiger partial charge >= 0.3 is 0 Å². The number of hydrogen-bond donors (Lipinski definition) is 1. The third-order valence-electron chi connectivity index (χ3n) is 3.66. The average Bonchev–Trinajstić information content (AvgIpc) is 3.37. The van der Waals surface area contributed by atoms with Gasteiger partial charge < -0.3 is 5.32 Å². The van der Waals surface area contributed by atoms with Gasteiger partial charge in [0.1, 0.15) is 0 Å². The number of aromatic nitrogens is 1. The first-order valence-corrected chi connectivity index (χ1v) is 7.26. The van der Waals surface area contributed by atoms with Crippen molar-refractivity contribution in [2.75, 3.05) is 0 Å². The summed E-state index contributed by atoms with van der Waals surface area (Å²) >= 11 is 0. The third-order valence-corrected chi connectivity index (χ3v) is 3.66. The quantitative estimate of drug-likeness (QED) is 0.852. The molecule has 0 bridgehead atoms. The Labute approximate surface area is 124 Å². The van der Waals surface area contributed by atoms with Gasteiger partial charge in [0.2, 0.25) is 5.91 Å². The lowest BCUT2D eigenvalue weighted by molar-refractivity contribution is -0.117. The van der Waals surface area contributed by atoms with E-state index in [0.29, 0.717) is 5.92 Å². The molecule has 1 aliphatic carbocycles. The first-order chi connectivity index (χ1) is 10.3. The van der Waals surface area contributed by atoms with Crippen LogP contribution < -0.4 is 5.32 Å². The lowest BCUT2D eigenvalue weighted by Crippen LogP contribution is -2.28. The van der Waals surface area contributed by atoms with Gasteiger partial charge in [-0.2, -0.15) is 0 Å². The number of hydrogen-bond acceptors (Lipinski definition) is 2. The van der Waals surface area contributed by atoms with Crippen molar-refractivity contribution >= 4 is 12.0 Å². The molecule has 2 aromatic rings. The summed E-state index contributed by atoms with van der Waals surface area (Å²) in [6, 6.07) is 14.1. The molecule has 1 aromatic carbocycles. The fourth-order valence-electron chi connectivity index (χ4n) is 2.41. The van der Waals surface area contributed by atoms with Gasteiger partial charge in [0.15, 0.2) is 0 Å². The van der Waals surface area contributed by atoms with Crippen LogP contribution in [0.1, 0.15) is 30.0 Å². The van der Waals surface area contributed by atoms with Crippen molar-refractivity contribution in [3.8, 4) is 0 Å². The van der Waals surface area contributed by atoms with Gasteiger partial charge in [-0.25, -0.2) is 0 Å². The van der Waals surface area contributed by atoms with Crippen LogP contribution in [0, 0.1) is 5.92 Å². The van der Waals surface area contributed by atoms with E-state index in [1.54, 1.807) is 24.5 Å². The maximum atomic E-state index is 12.1. The van der Waals surface area contributed by atoms with Gasteiger partial charge in [0, 0.05) is 18.5 Å². The number of nitrogens with zero attached hydrogens (tertiary/aromatic N) is 1. The number of amides is 1. The number of nitrogens with one attached hydrogen (secondary N) is 1.